The van der Waals surface area contributed by atoms with Gasteiger partial charge in [0.2, 0.25) is 0 Å². The molecule has 0 aromatic heterocycles. The molecule has 46 valence electrons. The number of rotatable bonds is 2. The van der Waals surface area contributed by atoms with E-state index in [1.54, 1.807) is 0 Å². The number of aliphatic carboxylic acids is 1. The van der Waals surface area contributed by atoms with Gasteiger partial charge in [-0.25, -0.2) is 0 Å². The molecule has 0 spiro atoms. The van der Waals surface area contributed by atoms with Crippen LogP contribution in [0.2, 0.25) is 0 Å². The summed E-state index contributed by atoms with van der Waals surface area (Å²) in [5.41, 5.74) is 0. The third-order valence-electron chi connectivity index (χ3n) is 1.76. The summed E-state index contributed by atoms with van der Waals surface area (Å²) in [7, 11) is 0. The van der Waals surface area contributed by atoms with Gasteiger partial charge in [0.05, 0.1) is 5.92 Å². The molecular weight excluding hydrogens is 104 g/mol. The molecule has 0 heterocycles. The minimum absolute atomic E-state index is 0.000000000000000222. The molecule has 0 aromatic carbocycles. The molecule has 1 rings (SSSR count). The summed E-state index contributed by atoms with van der Waals surface area (Å²) in [4.78, 5) is 10.1. The molecule has 0 bridgehead atoms. The van der Waals surface area contributed by atoms with Crippen LogP contribution in [0.5, 0.6) is 0 Å². The Morgan fingerprint density at radius 3 is 2.62 bits per heavy atom. The highest BCUT2D eigenvalue weighted by Gasteiger charge is 2.41. The molecule has 1 N–H and O–H groups in total. The van der Waals surface area contributed by atoms with Crippen LogP contribution in [0.25, 0.3) is 0 Å². The second-order valence-corrected chi connectivity index (χ2v) is 2.35. The first-order chi connectivity index (χ1) is 3.75. The Hall–Kier alpha value is -0.530. The Bertz CT molecular complexity index is 109. The smallest absolute Gasteiger partial charge is 0.306 e. The van der Waals surface area contributed by atoms with E-state index in [1.807, 2.05) is 6.92 Å². The lowest BCUT2D eigenvalue weighted by atomic mass is 10.3. The molecule has 0 saturated heterocycles. The van der Waals surface area contributed by atoms with Crippen molar-refractivity contribution in [1.29, 1.82) is 0 Å². The predicted octanol–water partition coefficient (Wildman–Crippen LogP) is 1.12. The second-order valence-electron chi connectivity index (χ2n) is 2.35. The average molecular weight is 114 g/mol. The predicted molar refractivity (Wildman–Crippen MR) is 29.5 cm³/mol. The van der Waals surface area contributed by atoms with Gasteiger partial charge in [-0.3, -0.25) is 4.79 Å². The van der Waals surface area contributed by atoms with E-state index in [9.17, 15) is 4.79 Å². The van der Waals surface area contributed by atoms with Crippen LogP contribution in [0.4, 0.5) is 0 Å². The zero-order chi connectivity index (χ0) is 6.15. The van der Waals surface area contributed by atoms with E-state index >= 15 is 0 Å². The third-order valence-corrected chi connectivity index (χ3v) is 1.76. The zero-order valence-electron chi connectivity index (χ0n) is 4.92. The SMILES string of the molecule is CC[C@@H]1C[C@@H]1C(=O)O. The first-order valence-corrected chi connectivity index (χ1v) is 2.98. The lowest BCUT2D eigenvalue weighted by Crippen LogP contribution is -1.98. The summed E-state index contributed by atoms with van der Waals surface area (Å²) in [5.74, 6) is -0.121. The van der Waals surface area contributed by atoms with Crippen LogP contribution >= 0.6 is 0 Å². The van der Waals surface area contributed by atoms with Gasteiger partial charge in [0.15, 0.2) is 0 Å². The van der Waals surface area contributed by atoms with Gasteiger partial charge in [-0.05, 0) is 12.3 Å². The molecule has 8 heavy (non-hydrogen) atoms. The summed E-state index contributed by atoms with van der Waals surface area (Å²) in [5, 5.41) is 8.35. The van der Waals surface area contributed by atoms with E-state index in [1.165, 1.54) is 0 Å². The Morgan fingerprint density at radius 1 is 1.88 bits per heavy atom. The topological polar surface area (TPSA) is 37.3 Å². The number of carbonyl (C=O) groups is 1. The summed E-state index contributed by atoms with van der Waals surface area (Å²) in [6, 6.07) is 0. The maximum Gasteiger partial charge on any atom is 0.306 e. The van der Waals surface area contributed by atoms with Crippen molar-refractivity contribution in [3.05, 3.63) is 0 Å². The molecule has 0 aliphatic heterocycles. The molecule has 0 aromatic rings. The van der Waals surface area contributed by atoms with Crippen molar-refractivity contribution in [1.82, 2.24) is 0 Å². The van der Waals surface area contributed by atoms with Crippen LogP contribution in [0.1, 0.15) is 19.8 Å². The van der Waals surface area contributed by atoms with Gasteiger partial charge in [-0.2, -0.15) is 0 Å². The van der Waals surface area contributed by atoms with Crippen molar-refractivity contribution in [2.24, 2.45) is 11.8 Å². The third kappa shape index (κ3) is 0.831. The fourth-order valence-electron chi connectivity index (χ4n) is 1.00. The summed E-state index contributed by atoms with van der Waals surface area (Å²) < 4.78 is 0. The fourth-order valence-corrected chi connectivity index (χ4v) is 1.00. The average Bonchev–Trinajstić information content (AvgIpc) is 2.42. The largest absolute Gasteiger partial charge is 0.481 e. The zero-order valence-corrected chi connectivity index (χ0v) is 4.92. The normalized spacial score (nSPS) is 34.6. The summed E-state index contributed by atoms with van der Waals surface area (Å²) in [6.07, 6.45) is 1.93. The minimum atomic E-state index is -0.614. The van der Waals surface area contributed by atoms with Crippen molar-refractivity contribution in [3.8, 4) is 0 Å². The van der Waals surface area contributed by atoms with E-state index < -0.39 is 5.97 Å². The van der Waals surface area contributed by atoms with Gasteiger partial charge in [0.25, 0.3) is 0 Å². The molecular formula is C6H10O2. The Labute approximate surface area is 48.5 Å². The van der Waals surface area contributed by atoms with Crippen molar-refractivity contribution < 1.29 is 9.90 Å². The molecule has 1 aliphatic rings. The monoisotopic (exact) mass is 114 g/mol. The standard InChI is InChI=1S/C6H10O2/c1-2-4-3-5(4)6(7)8/h4-5H,2-3H2,1H3,(H,7,8)/t4-,5+/m1/s1. The molecule has 1 fully saturated rings. The van der Waals surface area contributed by atoms with Crippen LogP contribution in [0.15, 0.2) is 0 Å². The lowest BCUT2D eigenvalue weighted by Gasteiger charge is -1.84. The van der Waals surface area contributed by atoms with Crippen LogP contribution in [-0.4, -0.2) is 11.1 Å². The number of carboxylic acid groups (broad SMARTS) is 1. The second kappa shape index (κ2) is 1.77. The summed E-state index contributed by atoms with van der Waals surface area (Å²) in [6.45, 7) is 2.04. The van der Waals surface area contributed by atoms with Crippen LogP contribution in [0, 0.1) is 11.8 Å². The van der Waals surface area contributed by atoms with Gasteiger partial charge in [-0.15, -0.1) is 0 Å². The van der Waals surface area contributed by atoms with E-state index in [2.05, 4.69) is 0 Å². The van der Waals surface area contributed by atoms with Crippen molar-refractivity contribution in [2.45, 2.75) is 19.8 Å². The van der Waals surface area contributed by atoms with E-state index in [0.29, 0.717) is 5.92 Å². The highest BCUT2D eigenvalue weighted by atomic mass is 16.4. The highest BCUT2D eigenvalue weighted by molar-refractivity contribution is 5.73. The van der Waals surface area contributed by atoms with Gasteiger partial charge >= 0.3 is 5.97 Å². The molecule has 1 saturated carbocycles. The van der Waals surface area contributed by atoms with E-state index in [-0.39, 0.29) is 5.92 Å². The van der Waals surface area contributed by atoms with Crippen molar-refractivity contribution in [2.75, 3.05) is 0 Å². The first kappa shape index (κ1) is 5.60. The lowest BCUT2D eigenvalue weighted by molar-refractivity contribution is -0.138. The molecule has 2 heteroatoms. The number of hydrogen-bond acceptors (Lipinski definition) is 1. The molecule has 0 amide bonds. The molecule has 1 aliphatic carbocycles. The van der Waals surface area contributed by atoms with Crippen molar-refractivity contribution >= 4 is 5.97 Å². The van der Waals surface area contributed by atoms with Crippen LogP contribution in [0.3, 0.4) is 0 Å². The Balaban J connectivity index is 2.26. The van der Waals surface area contributed by atoms with Gasteiger partial charge in [0, 0.05) is 0 Å². The molecule has 2 nitrogen and oxygen atoms in total. The maximum absolute atomic E-state index is 10.1. The molecule has 0 unspecified atom stereocenters. The van der Waals surface area contributed by atoms with E-state index in [0.717, 1.165) is 12.8 Å². The minimum Gasteiger partial charge on any atom is -0.481 e. The summed E-state index contributed by atoms with van der Waals surface area (Å²) >= 11 is 0. The van der Waals surface area contributed by atoms with Crippen molar-refractivity contribution in [3.63, 3.8) is 0 Å². The fraction of sp³-hybridized carbons (Fsp3) is 0.833. The van der Waals surface area contributed by atoms with Gasteiger partial charge in [0.1, 0.15) is 0 Å². The quantitative estimate of drug-likeness (QED) is 0.584. The van der Waals surface area contributed by atoms with Crippen LogP contribution in [-0.2, 0) is 4.79 Å². The van der Waals surface area contributed by atoms with Crippen LogP contribution < -0.4 is 0 Å². The maximum atomic E-state index is 10.1. The number of carboxylic acids is 1. The van der Waals surface area contributed by atoms with Gasteiger partial charge in [-0.1, -0.05) is 13.3 Å². The highest BCUT2D eigenvalue weighted by Crippen LogP contribution is 2.40. The molecule has 0 radical (unpaired) electrons. The van der Waals surface area contributed by atoms with Gasteiger partial charge < -0.3 is 5.11 Å². The Morgan fingerprint density at radius 2 is 2.50 bits per heavy atom. The van der Waals surface area contributed by atoms with E-state index in [4.69, 9.17) is 5.11 Å². The molecule has 2 atom stereocenters. The first-order valence-electron chi connectivity index (χ1n) is 2.98. The Kier molecular flexibility index (Phi) is 1.24. The number of hydrogen-bond donors (Lipinski definition) is 1.